The average molecular weight is 216 g/mol. The number of rotatable bonds is 4. The van der Waals surface area contributed by atoms with Gasteiger partial charge in [0.05, 0.1) is 0 Å². The van der Waals surface area contributed by atoms with Crippen LogP contribution in [0.25, 0.3) is 0 Å². The molecule has 0 saturated carbocycles. The van der Waals surface area contributed by atoms with E-state index in [2.05, 4.69) is 10.6 Å². The Morgan fingerprint density at radius 2 is 1.47 bits per heavy atom. The Labute approximate surface area is 87.7 Å². The van der Waals surface area contributed by atoms with Crippen LogP contribution in [0.15, 0.2) is 0 Å². The molecule has 0 spiro atoms. The van der Waals surface area contributed by atoms with Crippen molar-refractivity contribution in [1.82, 2.24) is 16.1 Å². The van der Waals surface area contributed by atoms with Gasteiger partial charge in [-0.25, -0.2) is 5.84 Å². The molecule has 0 rings (SSSR count). The predicted molar refractivity (Wildman–Crippen MR) is 53.2 cm³/mol. The fourth-order valence-corrected chi connectivity index (χ4v) is 0.899. The topological polar surface area (TPSA) is 113 Å². The SMILES string of the molecule is CC(=O)NC(C)C(=O)NC(C)C(=O)NN. The third-order valence-corrected chi connectivity index (χ3v) is 1.71. The van der Waals surface area contributed by atoms with Crippen LogP contribution in [-0.4, -0.2) is 29.8 Å². The van der Waals surface area contributed by atoms with Crippen LogP contribution >= 0.6 is 0 Å². The Kier molecular flexibility index (Phi) is 5.32. The van der Waals surface area contributed by atoms with Crippen LogP contribution in [0.5, 0.6) is 0 Å². The maximum atomic E-state index is 11.4. The Morgan fingerprint density at radius 3 is 1.87 bits per heavy atom. The van der Waals surface area contributed by atoms with Gasteiger partial charge >= 0.3 is 0 Å². The Balaban J connectivity index is 4.12. The molecule has 0 aromatic carbocycles. The molecule has 2 atom stereocenters. The molecule has 0 saturated heterocycles. The number of carbonyl (C=O) groups excluding carboxylic acids is 3. The largest absolute Gasteiger partial charge is 0.345 e. The Bertz CT molecular complexity index is 267. The summed E-state index contributed by atoms with van der Waals surface area (Å²) in [5.74, 6) is 3.63. The van der Waals surface area contributed by atoms with E-state index in [1.807, 2.05) is 5.43 Å². The minimum Gasteiger partial charge on any atom is -0.345 e. The Morgan fingerprint density at radius 1 is 1.00 bits per heavy atom. The highest BCUT2D eigenvalue weighted by atomic mass is 16.2. The molecule has 5 N–H and O–H groups in total. The molecule has 0 fully saturated rings. The highest BCUT2D eigenvalue weighted by Crippen LogP contribution is 1.86. The first-order chi connectivity index (χ1) is 6.88. The molecule has 2 unspecified atom stereocenters. The number of hydrogen-bond acceptors (Lipinski definition) is 4. The van der Waals surface area contributed by atoms with E-state index < -0.39 is 23.9 Å². The fourth-order valence-electron chi connectivity index (χ4n) is 0.899. The van der Waals surface area contributed by atoms with Crippen LogP contribution in [-0.2, 0) is 14.4 Å². The van der Waals surface area contributed by atoms with E-state index in [-0.39, 0.29) is 5.91 Å². The molecule has 0 aliphatic heterocycles. The molecule has 7 heteroatoms. The lowest BCUT2D eigenvalue weighted by molar-refractivity contribution is -0.131. The quantitative estimate of drug-likeness (QED) is 0.247. The molecule has 0 aromatic rings. The average Bonchev–Trinajstić information content (AvgIpc) is 2.15. The summed E-state index contributed by atoms with van der Waals surface area (Å²) in [6.07, 6.45) is 0. The molecule has 0 bridgehead atoms. The van der Waals surface area contributed by atoms with E-state index in [0.29, 0.717) is 0 Å². The number of carbonyl (C=O) groups is 3. The van der Waals surface area contributed by atoms with Crippen molar-refractivity contribution in [2.45, 2.75) is 32.9 Å². The lowest BCUT2D eigenvalue weighted by Crippen LogP contribution is -2.52. The van der Waals surface area contributed by atoms with Gasteiger partial charge in [-0.1, -0.05) is 0 Å². The van der Waals surface area contributed by atoms with Crippen molar-refractivity contribution in [3.8, 4) is 0 Å². The lowest BCUT2D eigenvalue weighted by atomic mass is 10.2. The summed E-state index contributed by atoms with van der Waals surface area (Å²) in [6.45, 7) is 4.31. The van der Waals surface area contributed by atoms with Gasteiger partial charge in [0.15, 0.2) is 0 Å². The smallest absolute Gasteiger partial charge is 0.256 e. The second-order valence-electron chi connectivity index (χ2n) is 3.16. The van der Waals surface area contributed by atoms with E-state index >= 15 is 0 Å². The normalized spacial score (nSPS) is 13.6. The molecule has 0 heterocycles. The zero-order valence-corrected chi connectivity index (χ0v) is 8.96. The van der Waals surface area contributed by atoms with Gasteiger partial charge in [0.25, 0.3) is 5.91 Å². The van der Waals surface area contributed by atoms with Crippen LogP contribution in [0, 0.1) is 0 Å². The lowest BCUT2D eigenvalue weighted by Gasteiger charge is -2.16. The van der Waals surface area contributed by atoms with E-state index in [1.165, 1.54) is 20.8 Å². The minimum atomic E-state index is -0.737. The first-order valence-corrected chi connectivity index (χ1v) is 4.46. The van der Waals surface area contributed by atoms with E-state index in [0.717, 1.165) is 0 Å². The van der Waals surface area contributed by atoms with Crippen molar-refractivity contribution in [1.29, 1.82) is 0 Å². The molecule has 0 aliphatic rings. The van der Waals surface area contributed by atoms with Crippen molar-refractivity contribution >= 4 is 17.7 Å². The maximum Gasteiger partial charge on any atom is 0.256 e. The second kappa shape index (κ2) is 5.97. The molecule has 86 valence electrons. The van der Waals surface area contributed by atoms with Gasteiger partial charge in [-0.3, -0.25) is 19.8 Å². The van der Waals surface area contributed by atoms with Gasteiger partial charge in [0.2, 0.25) is 11.8 Å². The van der Waals surface area contributed by atoms with Crippen LogP contribution in [0.1, 0.15) is 20.8 Å². The van der Waals surface area contributed by atoms with E-state index in [9.17, 15) is 14.4 Å². The molecule has 7 nitrogen and oxygen atoms in total. The highest BCUT2D eigenvalue weighted by Gasteiger charge is 2.19. The summed E-state index contributed by atoms with van der Waals surface area (Å²) in [5, 5.41) is 4.78. The molecule has 15 heavy (non-hydrogen) atoms. The van der Waals surface area contributed by atoms with Crippen molar-refractivity contribution in [3.63, 3.8) is 0 Å². The van der Waals surface area contributed by atoms with Gasteiger partial charge < -0.3 is 10.6 Å². The molecular weight excluding hydrogens is 200 g/mol. The van der Waals surface area contributed by atoms with E-state index in [4.69, 9.17) is 5.84 Å². The molecule has 3 amide bonds. The summed E-state index contributed by atoms with van der Waals surface area (Å²) in [4.78, 5) is 33.0. The monoisotopic (exact) mass is 216 g/mol. The van der Waals surface area contributed by atoms with Crippen molar-refractivity contribution in [3.05, 3.63) is 0 Å². The number of nitrogens with two attached hydrogens (primary N) is 1. The second-order valence-corrected chi connectivity index (χ2v) is 3.16. The van der Waals surface area contributed by atoms with Crippen LogP contribution in [0.4, 0.5) is 0 Å². The zero-order valence-electron chi connectivity index (χ0n) is 8.96. The first-order valence-electron chi connectivity index (χ1n) is 4.46. The fraction of sp³-hybridized carbons (Fsp3) is 0.625. The first kappa shape index (κ1) is 13.4. The third kappa shape index (κ3) is 4.96. The Hall–Kier alpha value is -1.63. The number of nitrogens with one attached hydrogen (secondary N) is 3. The van der Waals surface area contributed by atoms with Crippen molar-refractivity contribution in [2.75, 3.05) is 0 Å². The molecule has 0 radical (unpaired) electrons. The molecule has 0 aromatic heterocycles. The number of hydrogen-bond donors (Lipinski definition) is 4. The van der Waals surface area contributed by atoms with Gasteiger partial charge in [0, 0.05) is 6.92 Å². The van der Waals surface area contributed by atoms with Crippen LogP contribution < -0.4 is 21.9 Å². The van der Waals surface area contributed by atoms with Gasteiger partial charge in [-0.2, -0.15) is 0 Å². The third-order valence-electron chi connectivity index (χ3n) is 1.71. The van der Waals surface area contributed by atoms with Gasteiger partial charge in [0.1, 0.15) is 12.1 Å². The minimum absolute atomic E-state index is 0.312. The van der Waals surface area contributed by atoms with E-state index in [1.54, 1.807) is 0 Å². The molecule has 0 aliphatic carbocycles. The predicted octanol–water partition coefficient (Wildman–Crippen LogP) is -1.99. The number of hydrazine groups is 1. The summed E-state index contributed by atoms with van der Waals surface area (Å²) in [6, 6.07) is -1.42. The zero-order chi connectivity index (χ0) is 12.0. The summed E-state index contributed by atoms with van der Waals surface area (Å²) < 4.78 is 0. The summed E-state index contributed by atoms with van der Waals surface area (Å²) in [5.41, 5.74) is 1.91. The summed E-state index contributed by atoms with van der Waals surface area (Å²) >= 11 is 0. The van der Waals surface area contributed by atoms with Crippen LogP contribution in [0.3, 0.4) is 0 Å². The van der Waals surface area contributed by atoms with Crippen LogP contribution in [0.2, 0.25) is 0 Å². The molecular formula is C8H16N4O3. The number of amides is 3. The van der Waals surface area contributed by atoms with Gasteiger partial charge in [-0.05, 0) is 13.8 Å². The summed E-state index contributed by atoms with van der Waals surface area (Å²) in [7, 11) is 0. The standard InChI is InChI=1S/C8H16N4O3/c1-4(10-6(3)13)7(14)11-5(2)8(15)12-9/h4-5H,9H2,1-3H3,(H,10,13)(H,11,14)(H,12,15). The van der Waals surface area contributed by atoms with Crippen molar-refractivity contribution in [2.24, 2.45) is 5.84 Å². The van der Waals surface area contributed by atoms with Crippen molar-refractivity contribution < 1.29 is 14.4 Å². The highest BCUT2D eigenvalue weighted by molar-refractivity contribution is 5.91. The maximum absolute atomic E-state index is 11.4. The van der Waals surface area contributed by atoms with Gasteiger partial charge in [-0.15, -0.1) is 0 Å².